The van der Waals surface area contributed by atoms with Crippen LogP contribution in [0.25, 0.3) is 0 Å². The fourth-order valence-corrected chi connectivity index (χ4v) is 3.68. The molecular weight excluding hydrogens is 386 g/mol. The van der Waals surface area contributed by atoms with Gasteiger partial charge in [0.05, 0.1) is 5.56 Å². The molecule has 1 heterocycles. The molecule has 29 heavy (non-hydrogen) atoms. The second-order valence-corrected chi connectivity index (χ2v) is 8.50. The number of hydrogen-bond acceptors (Lipinski definition) is 5. The summed E-state index contributed by atoms with van der Waals surface area (Å²) in [5, 5.41) is 17.1. The maximum absolute atomic E-state index is 12.3. The van der Waals surface area contributed by atoms with Gasteiger partial charge in [-0.25, -0.2) is 0 Å². The van der Waals surface area contributed by atoms with Gasteiger partial charge in [0.25, 0.3) is 5.91 Å². The average Bonchev–Trinajstić information content (AvgIpc) is 3.04. The van der Waals surface area contributed by atoms with Crippen LogP contribution in [0.4, 0.5) is 10.7 Å². The molecule has 0 aliphatic rings. The van der Waals surface area contributed by atoms with Crippen molar-refractivity contribution in [1.29, 1.82) is 5.26 Å². The van der Waals surface area contributed by atoms with Gasteiger partial charge in [0.15, 0.2) is 5.78 Å². The molecule has 0 saturated heterocycles. The molecule has 1 aromatic heterocycles. The highest BCUT2D eigenvalue weighted by atomic mass is 32.1. The molecule has 0 saturated carbocycles. The number of thiophene rings is 1. The van der Waals surface area contributed by atoms with Crippen molar-refractivity contribution in [3.63, 3.8) is 0 Å². The zero-order chi connectivity index (χ0) is 21.8. The predicted molar refractivity (Wildman–Crippen MR) is 115 cm³/mol. The Kier molecular flexibility index (Phi) is 6.72. The highest BCUT2D eigenvalue weighted by Crippen LogP contribution is 2.35. The van der Waals surface area contributed by atoms with E-state index in [0.717, 1.165) is 5.56 Å². The molecule has 0 unspecified atom stereocenters. The molecule has 0 aliphatic carbocycles. The van der Waals surface area contributed by atoms with Gasteiger partial charge in [-0.05, 0) is 54.5 Å². The van der Waals surface area contributed by atoms with E-state index in [-0.39, 0.29) is 16.8 Å². The smallest absolute Gasteiger partial charge is 0.251 e. The number of rotatable bonds is 5. The Bertz CT molecular complexity index is 1020. The van der Waals surface area contributed by atoms with Gasteiger partial charge >= 0.3 is 0 Å². The van der Waals surface area contributed by atoms with Gasteiger partial charge in [0.1, 0.15) is 11.1 Å². The molecule has 1 aromatic carbocycles. The first kappa shape index (κ1) is 22.1. The van der Waals surface area contributed by atoms with Gasteiger partial charge in [-0.2, -0.15) is 5.26 Å². The topological polar surface area (TPSA) is 99.1 Å². The van der Waals surface area contributed by atoms with E-state index in [9.17, 15) is 19.6 Å². The molecule has 2 N–H and O–H groups in total. The van der Waals surface area contributed by atoms with Crippen molar-refractivity contribution in [2.75, 3.05) is 10.6 Å². The molecule has 2 amide bonds. The van der Waals surface area contributed by atoms with Gasteiger partial charge in [-0.15, -0.1) is 11.3 Å². The Balaban J connectivity index is 2.08. The van der Waals surface area contributed by atoms with Crippen LogP contribution in [0.2, 0.25) is 0 Å². The molecule has 0 spiro atoms. The summed E-state index contributed by atoms with van der Waals surface area (Å²) in [6.45, 7) is 8.99. The van der Waals surface area contributed by atoms with Crippen molar-refractivity contribution in [1.82, 2.24) is 0 Å². The molecule has 7 heteroatoms. The van der Waals surface area contributed by atoms with E-state index in [0.29, 0.717) is 21.8 Å². The Hall–Kier alpha value is -3.24. The van der Waals surface area contributed by atoms with Gasteiger partial charge in [0, 0.05) is 22.9 Å². The predicted octanol–water partition coefficient (Wildman–Crippen LogP) is 4.64. The van der Waals surface area contributed by atoms with Crippen molar-refractivity contribution >= 4 is 39.6 Å². The number of benzene rings is 1. The van der Waals surface area contributed by atoms with Crippen molar-refractivity contribution in [3.8, 4) is 6.07 Å². The largest absolute Gasteiger partial charge is 0.322 e. The van der Waals surface area contributed by atoms with E-state index in [1.54, 1.807) is 24.3 Å². The van der Waals surface area contributed by atoms with Crippen LogP contribution >= 0.6 is 11.3 Å². The molecule has 6 nitrogen and oxygen atoms in total. The first-order valence-corrected chi connectivity index (χ1v) is 9.84. The normalized spacial score (nSPS) is 11.5. The summed E-state index contributed by atoms with van der Waals surface area (Å²) in [5.74, 6) is -0.975. The molecule has 0 fully saturated rings. The second-order valence-electron chi connectivity index (χ2n) is 7.62. The lowest BCUT2D eigenvalue weighted by Crippen LogP contribution is -2.16. The Morgan fingerprint density at radius 3 is 2.21 bits per heavy atom. The zero-order valence-corrected chi connectivity index (χ0v) is 17.9. The molecule has 0 aliphatic heterocycles. The number of nitriles is 1. The third kappa shape index (κ3) is 5.62. The summed E-state index contributed by atoms with van der Waals surface area (Å²) in [7, 11) is 0. The minimum atomic E-state index is -0.483. The lowest BCUT2D eigenvalue weighted by atomic mass is 9.86. The fourth-order valence-electron chi connectivity index (χ4n) is 2.54. The molecule has 0 atom stereocenters. The highest BCUT2D eigenvalue weighted by Gasteiger charge is 2.23. The van der Waals surface area contributed by atoms with Crippen molar-refractivity contribution in [2.24, 2.45) is 0 Å². The Labute approximate surface area is 174 Å². The number of hydrogen-bond donors (Lipinski definition) is 2. The fraction of sp³-hybridized carbons (Fsp3) is 0.273. The van der Waals surface area contributed by atoms with E-state index >= 15 is 0 Å². The van der Waals surface area contributed by atoms with Crippen LogP contribution in [-0.4, -0.2) is 17.6 Å². The maximum Gasteiger partial charge on any atom is 0.251 e. The van der Waals surface area contributed by atoms with Gasteiger partial charge < -0.3 is 10.6 Å². The van der Waals surface area contributed by atoms with Gasteiger partial charge in [0.2, 0.25) is 5.91 Å². The molecule has 2 aromatic rings. The summed E-state index contributed by atoms with van der Waals surface area (Å²) < 4.78 is 0. The van der Waals surface area contributed by atoms with E-state index < -0.39 is 11.8 Å². The standard InChI is InChI=1S/C22H23N3O3S/c1-13(20(28)24-16-8-6-15(7-9-16)14(2)26)10-19(27)25-21-17(11-23)18(12-29-21)22(3,4)5/h6-10,12H,1-5H3,(H,24,28)(H,25,27)/b13-10-. The number of nitrogens with zero attached hydrogens (tertiary/aromatic N) is 1. The molecule has 0 bridgehead atoms. The van der Waals surface area contributed by atoms with E-state index in [2.05, 4.69) is 16.7 Å². The minimum Gasteiger partial charge on any atom is -0.322 e. The number of carbonyl (C=O) groups excluding carboxylic acids is 3. The Morgan fingerprint density at radius 2 is 1.69 bits per heavy atom. The lowest BCUT2D eigenvalue weighted by molar-refractivity contribution is -0.114. The SMILES string of the molecule is CC(=O)c1ccc(NC(=O)/C(C)=C\C(=O)Nc2scc(C(C)(C)C)c2C#N)cc1. The molecular formula is C22H23N3O3S. The summed E-state index contributed by atoms with van der Waals surface area (Å²) in [5.41, 5.74) is 2.38. The van der Waals surface area contributed by atoms with E-state index in [4.69, 9.17) is 0 Å². The number of ketones is 1. The van der Waals surface area contributed by atoms with Crippen LogP contribution in [0, 0.1) is 11.3 Å². The number of amides is 2. The number of carbonyl (C=O) groups is 3. The summed E-state index contributed by atoms with van der Waals surface area (Å²) >= 11 is 1.29. The van der Waals surface area contributed by atoms with Gasteiger partial charge in [-0.1, -0.05) is 20.8 Å². The van der Waals surface area contributed by atoms with Crippen LogP contribution in [-0.2, 0) is 15.0 Å². The van der Waals surface area contributed by atoms with E-state index in [1.165, 1.54) is 31.3 Å². The van der Waals surface area contributed by atoms with Crippen LogP contribution in [0.1, 0.15) is 56.1 Å². The van der Waals surface area contributed by atoms with Crippen molar-refractivity contribution in [2.45, 2.75) is 40.0 Å². The third-order valence-electron chi connectivity index (χ3n) is 4.20. The molecule has 0 radical (unpaired) electrons. The quantitative estimate of drug-likeness (QED) is 0.555. The zero-order valence-electron chi connectivity index (χ0n) is 17.0. The average molecular weight is 410 g/mol. The van der Waals surface area contributed by atoms with Crippen molar-refractivity contribution < 1.29 is 14.4 Å². The lowest BCUT2D eigenvalue weighted by Gasteiger charge is -2.17. The van der Waals surface area contributed by atoms with Gasteiger partial charge in [-0.3, -0.25) is 14.4 Å². The van der Waals surface area contributed by atoms with Crippen LogP contribution < -0.4 is 10.6 Å². The molecule has 2 rings (SSSR count). The number of nitrogens with one attached hydrogen (secondary N) is 2. The van der Waals surface area contributed by atoms with E-state index in [1.807, 2.05) is 26.2 Å². The molecule has 150 valence electrons. The number of anilines is 2. The summed E-state index contributed by atoms with van der Waals surface area (Å²) in [6.07, 6.45) is 1.19. The van der Waals surface area contributed by atoms with Crippen LogP contribution in [0.15, 0.2) is 41.3 Å². The first-order chi connectivity index (χ1) is 13.5. The highest BCUT2D eigenvalue weighted by molar-refractivity contribution is 7.14. The summed E-state index contributed by atoms with van der Waals surface area (Å²) in [6, 6.07) is 8.64. The summed E-state index contributed by atoms with van der Waals surface area (Å²) in [4.78, 5) is 35.9. The first-order valence-electron chi connectivity index (χ1n) is 8.96. The van der Waals surface area contributed by atoms with Crippen molar-refractivity contribution in [3.05, 3.63) is 58.0 Å². The maximum atomic E-state index is 12.3. The van der Waals surface area contributed by atoms with Crippen LogP contribution in [0.3, 0.4) is 0 Å². The van der Waals surface area contributed by atoms with Crippen LogP contribution in [0.5, 0.6) is 0 Å². The monoisotopic (exact) mass is 409 g/mol. The Morgan fingerprint density at radius 1 is 1.07 bits per heavy atom. The second kappa shape index (κ2) is 8.84. The minimum absolute atomic E-state index is 0.0597. The third-order valence-corrected chi connectivity index (χ3v) is 5.10. The number of Topliss-reactive ketones (excluding diaryl/α,β-unsaturated/α-hetero) is 1.